The van der Waals surface area contributed by atoms with Crippen LogP contribution >= 0.6 is 0 Å². The van der Waals surface area contributed by atoms with E-state index in [1.807, 2.05) is 0 Å². The lowest BCUT2D eigenvalue weighted by Crippen LogP contribution is -2.27. The fourth-order valence-corrected chi connectivity index (χ4v) is 1.40. The van der Waals surface area contributed by atoms with E-state index in [0.717, 1.165) is 12.1 Å². The SMILES string of the molecule is COc1cc(F)c(NC(=O)OC(C)(C)C)cc1C(=O)O. The fraction of sp³-hybridized carbons (Fsp3) is 0.385. The van der Waals surface area contributed by atoms with Crippen molar-refractivity contribution in [2.45, 2.75) is 26.4 Å². The average molecular weight is 285 g/mol. The van der Waals surface area contributed by atoms with Gasteiger partial charge in [0.15, 0.2) is 5.82 Å². The van der Waals surface area contributed by atoms with Crippen molar-refractivity contribution in [2.24, 2.45) is 0 Å². The summed E-state index contributed by atoms with van der Waals surface area (Å²) in [6.45, 7) is 4.96. The van der Waals surface area contributed by atoms with Crippen molar-refractivity contribution in [1.82, 2.24) is 0 Å². The van der Waals surface area contributed by atoms with Crippen LogP contribution in [0, 0.1) is 5.82 Å². The third-order valence-corrected chi connectivity index (χ3v) is 2.16. The van der Waals surface area contributed by atoms with Crippen LogP contribution in [-0.2, 0) is 4.74 Å². The molecule has 20 heavy (non-hydrogen) atoms. The molecule has 0 radical (unpaired) electrons. The van der Waals surface area contributed by atoms with Crippen LogP contribution < -0.4 is 10.1 Å². The molecule has 1 aromatic carbocycles. The normalized spacial score (nSPS) is 10.8. The first-order chi connectivity index (χ1) is 9.14. The first-order valence-corrected chi connectivity index (χ1v) is 5.75. The van der Waals surface area contributed by atoms with E-state index in [1.54, 1.807) is 20.8 Å². The van der Waals surface area contributed by atoms with Gasteiger partial charge in [0.1, 0.15) is 16.9 Å². The molecule has 0 aliphatic carbocycles. The van der Waals surface area contributed by atoms with Gasteiger partial charge in [-0.05, 0) is 26.8 Å². The van der Waals surface area contributed by atoms with E-state index in [0.29, 0.717) is 0 Å². The van der Waals surface area contributed by atoms with E-state index in [4.69, 9.17) is 14.6 Å². The first kappa shape index (κ1) is 15.7. The number of carboxylic acid groups (broad SMARTS) is 1. The van der Waals surface area contributed by atoms with Crippen LogP contribution in [0.4, 0.5) is 14.9 Å². The van der Waals surface area contributed by atoms with Crippen molar-refractivity contribution in [3.8, 4) is 5.75 Å². The van der Waals surface area contributed by atoms with E-state index < -0.39 is 23.5 Å². The van der Waals surface area contributed by atoms with E-state index in [1.165, 1.54) is 7.11 Å². The molecule has 1 amide bonds. The van der Waals surface area contributed by atoms with Crippen molar-refractivity contribution < 1.29 is 28.6 Å². The van der Waals surface area contributed by atoms with Gasteiger partial charge in [-0.3, -0.25) is 5.32 Å². The molecule has 0 saturated carbocycles. The van der Waals surface area contributed by atoms with Crippen LogP contribution in [0.2, 0.25) is 0 Å². The molecule has 2 N–H and O–H groups in total. The van der Waals surface area contributed by atoms with Crippen molar-refractivity contribution in [3.63, 3.8) is 0 Å². The standard InChI is InChI=1S/C13H16FNO5/c1-13(2,3)20-12(18)15-9-5-7(11(16)17)10(19-4)6-8(9)14/h5-6H,1-4H3,(H,15,18)(H,16,17). The molecule has 110 valence electrons. The molecule has 0 spiro atoms. The molecule has 0 heterocycles. The number of amides is 1. The van der Waals surface area contributed by atoms with Crippen LogP contribution in [0.15, 0.2) is 12.1 Å². The van der Waals surface area contributed by atoms with E-state index in [-0.39, 0.29) is 17.0 Å². The lowest BCUT2D eigenvalue weighted by Gasteiger charge is -2.20. The van der Waals surface area contributed by atoms with Gasteiger partial charge in [0, 0.05) is 6.07 Å². The summed E-state index contributed by atoms with van der Waals surface area (Å²) >= 11 is 0. The number of methoxy groups -OCH3 is 1. The number of hydrogen-bond acceptors (Lipinski definition) is 4. The molecular formula is C13H16FNO5. The Balaban J connectivity index is 3.04. The Hall–Kier alpha value is -2.31. The molecular weight excluding hydrogens is 269 g/mol. The second-order valence-electron chi connectivity index (χ2n) is 4.96. The largest absolute Gasteiger partial charge is 0.496 e. The van der Waals surface area contributed by atoms with Crippen LogP contribution in [0.25, 0.3) is 0 Å². The Labute approximate surface area is 115 Å². The van der Waals surface area contributed by atoms with Gasteiger partial charge in [0.05, 0.1) is 12.8 Å². The maximum Gasteiger partial charge on any atom is 0.412 e. The highest BCUT2D eigenvalue weighted by molar-refractivity contribution is 5.94. The third-order valence-electron chi connectivity index (χ3n) is 2.16. The van der Waals surface area contributed by atoms with Crippen LogP contribution in [0.5, 0.6) is 5.75 Å². The molecule has 0 aromatic heterocycles. The van der Waals surface area contributed by atoms with Crippen LogP contribution in [0.3, 0.4) is 0 Å². The molecule has 0 atom stereocenters. The van der Waals surface area contributed by atoms with Gasteiger partial charge in [0.2, 0.25) is 0 Å². The van der Waals surface area contributed by atoms with E-state index in [9.17, 15) is 14.0 Å². The number of carboxylic acids is 1. The highest BCUT2D eigenvalue weighted by Gasteiger charge is 2.20. The topological polar surface area (TPSA) is 84.9 Å². The highest BCUT2D eigenvalue weighted by atomic mass is 19.1. The number of aromatic carboxylic acids is 1. The van der Waals surface area contributed by atoms with Gasteiger partial charge >= 0.3 is 12.1 Å². The maximum absolute atomic E-state index is 13.7. The minimum atomic E-state index is -1.30. The van der Waals surface area contributed by atoms with Crippen LogP contribution in [-0.4, -0.2) is 29.9 Å². The number of benzene rings is 1. The maximum atomic E-state index is 13.7. The summed E-state index contributed by atoms with van der Waals surface area (Å²) in [6.07, 6.45) is -0.877. The van der Waals surface area contributed by atoms with Gasteiger partial charge in [-0.15, -0.1) is 0 Å². The summed E-state index contributed by atoms with van der Waals surface area (Å²) in [7, 11) is 1.22. The Kier molecular flexibility index (Phi) is 4.54. The molecule has 7 heteroatoms. The van der Waals surface area contributed by atoms with Gasteiger partial charge < -0.3 is 14.6 Å². The molecule has 6 nitrogen and oxygen atoms in total. The average Bonchev–Trinajstić information content (AvgIpc) is 2.28. The van der Waals surface area contributed by atoms with Gasteiger partial charge in [-0.1, -0.05) is 0 Å². The summed E-state index contributed by atoms with van der Waals surface area (Å²) in [4.78, 5) is 22.5. The summed E-state index contributed by atoms with van der Waals surface area (Å²) in [5, 5.41) is 11.1. The Morgan fingerprint density at radius 2 is 1.90 bits per heavy atom. The molecule has 0 bridgehead atoms. The lowest BCUT2D eigenvalue weighted by molar-refractivity contribution is 0.0631. The Morgan fingerprint density at radius 1 is 1.30 bits per heavy atom. The minimum absolute atomic E-state index is 0.135. The molecule has 0 saturated heterocycles. The van der Waals surface area contributed by atoms with Crippen molar-refractivity contribution in [2.75, 3.05) is 12.4 Å². The number of hydrogen-bond donors (Lipinski definition) is 2. The molecule has 1 aromatic rings. The Morgan fingerprint density at radius 3 is 2.35 bits per heavy atom. The second-order valence-corrected chi connectivity index (χ2v) is 4.96. The number of halogens is 1. The summed E-state index contributed by atoms with van der Waals surface area (Å²) in [5.41, 5.74) is -1.31. The lowest BCUT2D eigenvalue weighted by atomic mass is 10.1. The predicted molar refractivity (Wildman–Crippen MR) is 69.8 cm³/mol. The quantitative estimate of drug-likeness (QED) is 0.892. The van der Waals surface area contributed by atoms with Crippen molar-refractivity contribution >= 4 is 17.7 Å². The zero-order valence-electron chi connectivity index (χ0n) is 11.6. The molecule has 0 fully saturated rings. The number of ether oxygens (including phenoxy) is 2. The number of anilines is 1. The predicted octanol–water partition coefficient (Wildman–Crippen LogP) is 2.88. The highest BCUT2D eigenvalue weighted by Crippen LogP contribution is 2.26. The number of nitrogens with one attached hydrogen (secondary N) is 1. The summed E-state index contributed by atoms with van der Waals surface area (Å²) < 4.78 is 23.5. The number of rotatable bonds is 3. The molecule has 0 aliphatic heterocycles. The minimum Gasteiger partial charge on any atom is -0.496 e. The van der Waals surface area contributed by atoms with Gasteiger partial charge in [0.25, 0.3) is 0 Å². The molecule has 1 rings (SSSR count). The van der Waals surface area contributed by atoms with Crippen LogP contribution in [0.1, 0.15) is 31.1 Å². The zero-order valence-corrected chi connectivity index (χ0v) is 11.6. The smallest absolute Gasteiger partial charge is 0.412 e. The van der Waals surface area contributed by atoms with Gasteiger partial charge in [-0.2, -0.15) is 0 Å². The molecule has 0 unspecified atom stereocenters. The van der Waals surface area contributed by atoms with E-state index in [2.05, 4.69) is 5.32 Å². The fourth-order valence-electron chi connectivity index (χ4n) is 1.40. The van der Waals surface area contributed by atoms with Gasteiger partial charge in [-0.25, -0.2) is 14.0 Å². The number of carbonyl (C=O) groups is 2. The third kappa shape index (κ3) is 4.11. The number of carbonyl (C=O) groups excluding carboxylic acids is 1. The Bertz CT molecular complexity index is 536. The van der Waals surface area contributed by atoms with Crippen molar-refractivity contribution in [3.05, 3.63) is 23.5 Å². The summed E-state index contributed by atoms with van der Waals surface area (Å²) in [5.74, 6) is -2.25. The second kappa shape index (κ2) is 5.77. The van der Waals surface area contributed by atoms with E-state index >= 15 is 0 Å². The van der Waals surface area contributed by atoms with Crippen molar-refractivity contribution in [1.29, 1.82) is 0 Å². The summed E-state index contributed by atoms with van der Waals surface area (Å²) in [6, 6.07) is 1.86. The zero-order chi connectivity index (χ0) is 15.5. The molecule has 0 aliphatic rings. The monoisotopic (exact) mass is 285 g/mol. The first-order valence-electron chi connectivity index (χ1n) is 5.75.